The van der Waals surface area contributed by atoms with Crippen molar-refractivity contribution in [1.82, 2.24) is 9.97 Å². The molecule has 1 saturated heterocycles. The predicted octanol–water partition coefficient (Wildman–Crippen LogP) is 3.11. The van der Waals surface area contributed by atoms with Gasteiger partial charge in [-0.3, -0.25) is 0 Å². The normalized spacial score (nSPS) is 14.1. The molecule has 0 saturated carbocycles. The number of para-hydroxylation sites is 1. The number of aromatic nitrogens is 2. The van der Waals surface area contributed by atoms with Crippen LogP contribution in [0.3, 0.4) is 0 Å². The quantitative estimate of drug-likeness (QED) is 0.820. The molecule has 0 radical (unpaired) electrons. The Morgan fingerprint density at radius 3 is 2.74 bits per heavy atom. The van der Waals surface area contributed by atoms with Crippen LogP contribution >= 0.6 is 0 Å². The van der Waals surface area contributed by atoms with Crippen molar-refractivity contribution in [2.75, 3.05) is 36.5 Å². The molecule has 0 amide bonds. The minimum atomic E-state index is 0.674. The number of hydrogen-bond donors (Lipinski definition) is 0. The van der Waals surface area contributed by atoms with E-state index in [1.807, 2.05) is 25.1 Å². The summed E-state index contributed by atoms with van der Waals surface area (Å²) in [7, 11) is 2.05. The molecule has 0 unspecified atom stereocenters. The lowest BCUT2D eigenvalue weighted by Gasteiger charge is -2.22. The van der Waals surface area contributed by atoms with E-state index >= 15 is 0 Å². The maximum Gasteiger partial charge on any atom is 0.134 e. The topological polar surface area (TPSA) is 41.5 Å². The van der Waals surface area contributed by atoms with Crippen LogP contribution in [0, 0.1) is 0 Å². The second kappa shape index (κ2) is 7.31. The van der Waals surface area contributed by atoms with E-state index in [0.29, 0.717) is 6.61 Å². The summed E-state index contributed by atoms with van der Waals surface area (Å²) in [4.78, 5) is 13.3. The fourth-order valence-electron chi connectivity index (χ4n) is 2.93. The van der Waals surface area contributed by atoms with Crippen molar-refractivity contribution in [3.63, 3.8) is 0 Å². The smallest absolute Gasteiger partial charge is 0.134 e. The van der Waals surface area contributed by atoms with E-state index < -0.39 is 0 Å². The lowest BCUT2D eigenvalue weighted by Crippen LogP contribution is -2.22. The van der Waals surface area contributed by atoms with Gasteiger partial charge in [0.25, 0.3) is 0 Å². The van der Waals surface area contributed by atoms with Gasteiger partial charge >= 0.3 is 0 Å². The Morgan fingerprint density at radius 2 is 1.96 bits per heavy atom. The highest BCUT2D eigenvalue weighted by Gasteiger charge is 2.15. The second-order valence-electron chi connectivity index (χ2n) is 5.83. The van der Waals surface area contributed by atoms with Gasteiger partial charge in [-0.2, -0.15) is 0 Å². The Balaban J connectivity index is 1.75. The number of benzene rings is 1. The van der Waals surface area contributed by atoms with Crippen LogP contribution in [0.1, 0.15) is 25.3 Å². The van der Waals surface area contributed by atoms with Gasteiger partial charge in [0.05, 0.1) is 6.61 Å². The Labute approximate surface area is 137 Å². The molecular formula is C18H24N4O. The third-order valence-corrected chi connectivity index (χ3v) is 4.14. The van der Waals surface area contributed by atoms with Crippen LogP contribution in [0.2, 0.25) is 0 Å². The number of hydrogen-bond acceptors (Lipinski definition) is 5. The molecular weight excluding hydrogens is 288 g/mol. The maximum atomic E-state index is 5.71. The molecule has 1 aliphatic heterocycles. The van der Waals surface area contributed by atoms with Crippen LogP contribution < -0.4 is 14.5 Å². The molecule has 1 fully saturated rings. The molecule has 1 aromatic carbocycles. The molecule has 0 aliphatic carbocycles. The molecule has 0 bridgehead atoms. The molecule has 23 heavy (non-hydrogen) atoms. The van der Waals surface area contributed by atoms with Gasteiger partial charge in [0.15, 0.2) is 0 Å². The lowest BCUT2D eigenvalue weighted by atomic mass is 10.2. The van der Waals surface area contributed by atoms with Gasteiger partial charge in [-0.15, -0.1) is 0 Å². The number of nitrogens with zero attached hydrogens (tertiary/aromatic N) is 4. The van der Waals surface area contributed by atoms with Crippen molar-refractivity contribution in [1.29, 1.82) is 0 Å². The number of ether oxygens (including phenoxy) is 1. The summed E-state index contributed by atoms with van der Waals surface area (Å²) < 4.78 is 5.71. The standard InChI is InChI=1S/C18H24N4O/c1-3-23-16-9-5-4-8-15(16)13-21(2)17-12-18(20-14-19-17)22-10-6-7-11-22/h4-5,8-9,12,14H,3,6-7,10-11,13H2,1-2H3. The first-order valence-electron chi connectivity index (χ1n) is 8.26. The van der Waals surface area contributed by atoms with Gasteiger partial charge < -0.3 is 14.5 Å². The molecule has 5 heteroatoms. The summed E-state index contributed by atoms with van der Waals surface area (Å²) in [5.41, 5.74) is 1.16. The van der Waals surface area contributed by atoms with Gasteiger partial charge in [0.1, 0.15) is 23.7 Å². The highest BCUT2D eigenvalue weighted by Crippen LogP contribution is 2.24. The van der Waals surface area contributed by atoms with E-state index in [1.54, 1.807) is 6.33 Å². The van der Waals surface area contributed by atoms with Gasteiger partial charge in [-0.25, -0.2) is 9.97 Å². The van der Waals surface area contributed by atoms with Crippen LogP contribution in [0.4, 0.5) is 11.6 Å². The predicted molar refractivity (Wildman–Crippen MR) is 93.2 cm³/mol. The first-order valence-corrected chi connectivity index (χ1v) is 8.26. The van der Waals surface area contributed by atoms with Crippen LogP contribution in [0.25, 0.3) is 0 Å². The number of rotatable bonds is 6. The zero-order chi connectivity index (χ0) is 16.1. The summed E-state index contributed by atoms with van der Waals surface area (Å²) in [5.74, 6) is 2.90. The first-order chi connectivity index (χ1) is 11.3. The molecule has 0 spiro atoms. The van der Waals surface area contributed by atoms with Gasteiger partial charge in [-0.05, 0) is 25.8 Å². The molecule has 1 aliphatic rings. The third-order valence-electron chi connectivity index (χ3n) is 4.14. The summed E-state index contributed by atoms with van der Waals surface area (Å²) in [6.45, 7) is 5.62. The third kappa shape index (κ3) is 3.73. The fraction of sp³-hybridized carbons (Fsp3) is 0.444. The Morgan fingerprint density at radius 1 is 1.17 bits per heavy atom. The molecule has 1 aromatic heterocycles. The van der Waals surface area contributed by atoms with E-state index in [4.69, 9.17) is 4.74 Å². The molecule has 0 atom stereocenters. The molecule has 5 nitrogen and oxygen atoms in total. The minimum absolute atomic E-state index is 0.674. The van der Waals surface area contributed by atoms with Crippen molar-refractivity contribution < 1.29 is 4.74 Å². The zero-order valence-electron chi connectivity index (χ0n) is 13.9. The monoisotopic (exact) mass is 312 g/mol. The van der Waals surface area contributed by atoms with Crippen LogP contribution in [-0.2, 0) is 6.54 Å². The summed E-state index contributed by atoms with van der Waals surface area (Å²) >= 11 is 0. The van der Waals surface area contributed by atoms with Gasteiger partial charge in [0, 0.05) is 38.3 Å². The van der Waals surface area contributed by atoms with Crippen molar-refractivity contribution in [2.24, 2.45) is 0 Å². The Kier molecular flexibility index (Phi) is 4.95. The van der Waals surface area contributed by atoms with Crippen LogP contribution in [0.5, 0.6) is 5.75 Å². The molecule has 2 heterocycles. The van der Waals surface area contributed by atoms with E-state index in [-0.39, 0.29) is 0 Å². The van der Waals surface area contributed by atoms with Crippen molar-refractivity contribution in [3.8, 4) is 5.75 Å². The maximum absolute atomic E-state index is 5.71. The highest BCUT2D eigenvalue weighted by molar-refractivity contribution is 5.51. The van der Waals surface area contributed by atoms with Gasteiger partial charge in [-0.1, -0.05) is 18.2 Å². The fourth-order valence-corrected chi connectivity index (χ4v) is 2.93. The van der Waals surface area contributed by atoms with E-state index in [2.05, 4.69) is 38.9 Å². The highest BCUT2D eigenvalue weighted by atomic mass is 16.5. The van der Waals surface area contributed by atoms with Crippen molar-refractivity contribution in [3.05, 3.63) is 42.2 Å². The Hall–Kier alpha value is -2.30. The van der Waals surface area contributed by atoms with E-state index in [0.717, 1.165) is 42.6 Å². The lowest BCUT2D eigenvalue weighted by molar-refractivity contribution is 0.336. The van der Waals surface area contributed by atoms with Crippen LogP contribution in [0.15, 0.2) is 36.7 Å². The number of anilines is 2. The zero-order valence-corrected chi connectivity index (χ0v) is 13.9. The van der Waals surface area contributed by atoms with Crippen LogP contribution in [-0.4, -0.2) is 36.7 Å². The van der Waals surface area contributed by atoms with E-state index in [9.17, 15) is 0 Å². The molecule has 2 aromatic rings. The van der Waals surface area contributed by atoms with E-state index in [1.165, 1.54) is 12.8 Å². The average molecular weight is 312 g/mol. The average Bonchev–Trinajstić information content (AvgIpc) is 3.11. The largest absolute Gasteiger partial charge is 0.494 e. The van der Waals surface area contributed by atoms with Crippen molar-refractivity contribution in [2.45, 2.75) is 26.3 Å². The first kappa shape index (κ1) is 15.6. The Bertz CT molecular complexity index is 640. The summed E-state index contributed by atoms with van der Waals surface area (Å²) in [6.07, 6.45) is 4.15. The SMILES string of the molecule is CCOc1ccccc1CN(C)c1cc(N2CCCC2)ncn1. The molecule has 0 N–H and O–H groups in total. The summed E-state index contributed by atoms with van der Waals surface area (Å²) in [5, 5.41) is 0. The molecule has 3 rings (SSSR count). The minimum Gasteiger partial charge on any atom is -0.494 e. The van der Waals surface area contributed by atoms with Gasteiger partial charge in [0.2, 0.25) is 0 Å². The second-order valence-corrected chi connectivity index (χ2v) is 5.83. The summed E-state index contributed by atoms with van der Waals surface area (Å²) in [6, 6.07) is 10.2. The molecule has 122 valence electrons. The van der Waals surface area contributed by atoms with Crippen molar-refractivity contribution >= 4 is 11.6 Å².